The predicted molar refractivity (Wildman–Crippen MR) is 104 cm³/mol. The average molecular weight is 372 g/mol. The van der Waals surface area contributed by atoms with Crippen molar-refractivity contribution in [2.24, 2.45) is 5.73 Å². The molecule has 0 spiro atoms. The number of methoxy groups -OCH3 is 1. The van der Waals surface area contributed by atoms with Gasteiger partial charge in [0.25, 0.3) is 0 Å². The van der Waals surface area contributed by atoms with Crippen LogP contribution in [0.5, 0.6) is 5.75 Å². The molecule has 3 N–H and O–H groups in total. The van der Waals surface area contributed by atoms with E-state index < -0.39 is 0 Å². The molecular formula is C19H18ClN3OS. The van der Waals surface area contributed by atoms with Gasteiger partial charge in [-0.05, 0) is 72.1 Å². The Balaban J connectivity index is 1.83. The number of rotatable bonds is 2. The Kier molecular flexibility index (Phi) is 4.15. The molecule has 0 amide bonds. The lowest BCUT2D eigenvalue weighted by Crippen LogP contribution is -2.41. The summed E-state index contributed by atoms with van der Waals surface area (Å²) in [6.45, 7) is 0. The second-order valence-corrected chi connectivity index (χ2v) is 7.04. The monoisotopic (exact) mass is 371 g/mol. The molecule has 128 valence electrons. The van der Waals surface area contributed by atoms with E-state index in [-0.39, 0.29) is 6.04 Å². The zero-order valence-electron chi connectivity index (χ0n) is 13.8. The van der Waals surface area contributed by atoms with Crippen LogP contribution in [-0.4, -0.2) is 17.2 Å². The Morgan fingerprint density at radius 2 is 2.00 bits per heavy atom. The van der Waals surface area contributed by atoms with Crippen LogP contribution in [0.4, 0.5) is 0 Å². The highest BCUT2D eigenvalue weighted by molar-refractivity contribution is 7.80. The number of hydrogen-bond donors (Lipinski definition) is 2. The molecular weight excluding hydrogens is 354 g/mol. The van der Waals surface area contributed by atoms with E-state index in [4.69, 9.17) is 34.3 Å². The first-order chi connectivity index (χ1) is 12.1. The fraction of sp³-hybridized carbons (Fsp3) is 0.211. The van der Waals surface area contributed by atoms with Crippen LogP contribution in [0.1, 0.15) is 29.2 Å². The minimum Gasteiger partial charge on any atom is -0.497 e. The SMILES string of the molecule is COc1ccc2c(c1)CCC1=C2N(C(N)=S)NC1c1ccc(Cl)cc1. The van der Waals surface area contributed by atoms with Crippen LogP contribution in [0.3, 0.4) is 0 Å². The molecule has 1 atom stereocenters. The van der Waals surface area contributed by atoms with Gasteiger partial charge in [0, 0.05) is 10.6 Å². The molecule has 0 bridgehead atoms. The number of hydrogen-bond acceptors (Lipinski definition) is 3. The van der Waals surface area contributed by atoms with Gasteiger partial charge in [-0.15, -0.1) is 0 Å². The Hall–Kier alpha value is -2.08. The van der Waals surface area contributed by atoms with E-state index in [0.717, 1.165) is 40.4 Å². The van der Waals surface area contributed by atoms with Gasteiger partial charge in [0.05, 0.1) is 18.8 Å². The van der Waals surface area contributed by atoms with Crippen LogP contribution >= 0.6 is 23.8 Å². The van der Waals surface area contributed by atoms with E-state index >= 15 is 0 Å². The topological polar surface area (TPSA) is 50.5 Å². The maximum Gasteiger partial charge on any atom is 0.185 e. The van der Waals surface area contributed by atoms with Gasteiger partial charge < -0.3 is 10.5 Å². The van der Waals surface area contributed by atoms with E-state index in [1.165, 1.54) is 11.1 Å². The molecule has 2 aliphatic rings. The van der Waals surface area contributed by atoms with Crippen LogP contribution in [-0.2, 0) is 6.42 Å². The molecule has 6 heteroatoms. The standard InChI is InChI=1S/C19H18ClN3OS/c1-24-14-7-9-15-12(10-14)4-8-16-17(11-2-5-13(20)6-3-11)22-23(18(15)16)19(21)25/h2-3,5-7,9-10,17,22H,4,8H2,1H3,(H2,21,25). The van der Waals surface area contributed by atoms with Crippen molar-refractivity contribution in [2.75, 3.05) is 7.11 Å². The van der Waals surface area contributed by atoms with Crippen molar-refractivity contribution in [3.63, 3.8) is 0 Å². The lowest BCUT2D eigenvalue weighted by atomic mass is 9.85. The Labute approximate surface area is 157 Å². The third-order valence-corrected chi connectivity index (χ3v) is 5.22. The first-order valence-electron chi connectivity index (χ1n) is 8.10. The summed E-state index contributed by atoms with van der Waals surface area (Å²) < 4.78 is 5.36. The lowest BCUT2D eigenvalue weighted by molar-refractivity contribution is 0.413. The van der Waals surface area contributed by atoms with E-state index in [1.54, 1.807) is 7.11 Å². The fourth-order valence-electron chi connectivity index (χ4n) is 3.62. The number of nitrogens with one attached hydrogen (secondary N) is 1. The number of ether oxygens (including phenoxy) is 1. The summed E-state index contributed by atoms with van der Waals surface area (Å²) in [6, 6.07) is 14.1. The summed E-state index contributed by atoms with van der Waals surface area (Å²) in [5, 5.41) is 2.87. The van der Waals surface area contributed by atoms with Gasteiger partial charge in [0.1, 0.15) is 5.75 Å². The first kappa shape index (κ1) is 16.4. The van der Waals surface area contributed by atoms with Crippen molar-refractivity contribution in [3.8, 4) is 5.75 Å². The van der Waals surface area contributed by atoms with E-state index in [9.17, 15) is 0 Å². The minimum atomic E-state index is 0.0454. The van der Waals surface area contributed by atoms with Gasteiger partial charge in [0.15, 0.2) is 5.11 Å². The summed E-state index contributed by atoms with van der Waals surface area (Å²) in [5.41, 5.74) is 15.4. The number of fused-ring (bicyclic) bond motifs is 2. The van der Waals surface area contributed by atoms with Crippen LogP contribution in [0.25, 0.3) is 5.70 Å². The minimum absolute atomic E-state index is 0.0454. The molecule has 0 fully saturated rings. The summed E-state index contributed by atoms with van der Waals surface area (Å²) in [7, 11) is 1.68. The number of nitrogens with two attached hydrogens (primary N) is 1. The lowest BCUT2D eigenvalue weighted by Gasteiger charge is -2.25. The summed E-state index contributed by atoms with van der Waals surface area (Å²) in [5.74, 6) is 0.866. The Morgan fingerprint density at radius 3 is 2.68 bits per heavy atom. The van der Waals surface area contributed by atoms with Gasteiger partial charge in [-0.25, -0.2) is 5.43 Å². The van der Waals surface area contributed by atoms with Gasteiger partial charge in [-0.1, -0.05) is 23.7 Å². The highest BCUT2D eigenvalue weighted by atomic mass is 35.5. The van der Waals surface area contributed by atoms with Crippen molar-refractivity contribution in [1.82, 2.24) is 10.4 Å². The van der Waals surface area contributed by atoms with Crippen LogP contribution in [0.2, 0.25) is 5.02 Å². The quantitative estimate of drug-likeness (QED) is 0.786. The highest BCUT2D eigenvalue weighted by Crippen LogP contribution is 2.44. The second kappa shape index (κ2) is 6.33. The third kappa shape index (κ3) is 2.78. The molecule has 0 aromatic heterocycles. The molecule has 0 radical (unpaired) electrons. The predicted octanol–water partition coefficient (Wildman–Crippen LogP) is 3.81. The summed E-state index contributed by atoms with van der Waals surface area (Å²) in [4.78, 5) is 0. The number of nitrogens with zero attached hydrogens (tertiary/aromatic N) is 1. The molecule has 0 saturated carbocycles. The van der Waals surface area contributed by atoms with Crippen molar-refractivity contribution in [2.45, 2.75) is 18.9 Å². The molecule has 4 rings (SSSR count). The maximum absolute atomic E-state index is 6.03. The van der Waals surface area contributed by atoms with Crippen molar-refractivity contribution < 1.29 is 4.74 Å². The number of aryl methyl sites for hydroxylation is 1. The number of thiocarbonyl (C=S) groups is 1. The number of hydrazine groups is 1. The normalized spacial score (nSPS) is 18.8. The van der Waals surface area contributed by atoms with Gasteiger partial charge in [-0.3, -0.25) is 5.01 Å². The molecule has 25 heavy (non-hydrogen) atoms. The number of benzene rings is 2. The van der Waals surface area contributed by atoms with Gasteiger partial charge >= 0.3 is 0 Å². The first-order valence-corrected chi connectivity index (χ1v) is 8.88. The van der Waals surface area contributed by atoms with Crippen molar-refractivity contribution in [3.05, 3.63) is 69.8 Å². The van der Waals surface area contributed by atoms with E-state index in [1.807, 2.05) is 35.3 Å². The second-order valence-electron chi connectivity index (χ2n) is 6.18. The van der Waals surface area contributed by atoms with Crippen LogP contribution in [0, 0.1) is 0 Å². The summed E-state index contributed by atoms with van der Waals surface area (Å²) >= 11 is 11.3. The smallest absolute Gasteiger partial charge is 0.185 e. The largest absolute Gasteiger partial charge is 0.497 e. The zero-order chi connectivity index (χ0) is 17.6. The average Bonchev–Trinajstić information content (AvgIpc) is 3.02. The molecule has 2 aromatic carbocycles. The molecule has 0 saturated heterocycles. The van der Waals surface area contributed by atoms with Gasteiger partial charge in [-0.2, -0.15) is 0 Å². The molecule has 1 aliphatic heterocycles. The molecule has 2 aromatic rings. The highest BCUT2D eigenvalue weighted by Gasteiger charge is 2.37. The zero-order valence-corrected chi connectivity index (χ0v) is 15.3. The third-order valence-electron chi connectivity index (χ3n) is 4.79. The number of halogens is 1. The molecule has 1 aliphatic carbocycles. The molecule has 1 unspecified atom stereocenters. The fourth-order valence-corrected chi connectivity index (χ4v) is 3.89. The van der Waals surface area contributed by atoms with Crippen LogP contribution < -0.4 is 15.9 Å². The Morgan fingerprint density at radius 1 is 1.24 bits per heavy atom. The van der Waals surface area contributed by atoms with E-state index in [0.29, 0.717) is 5.11 Å². The van der Waals surface area contributed by atoms with Crippen molar-refractivity contribution in [1.29, 1.82) is 0 Å². The van der Waals surface area contributed by atoms with Gasteiger partial charge in [0.2, 0.25) is 0 Å². The summed E-state index contributed by atoms with van der Waals surface area (Å²) in [6.07, 6.45) is 1.90. The Bertz CT molecular complexity index is 879. The maximum atomic E-state index is 6.03. The van der Waals surface area contributed by atoms with Crippen LogP contribution in [0.15, 0.2) is 48.0 Å². The molecule has 1 heterocycles. The van der Waals surface area contributed by atoms with Crippen molar-refractivity contribution >= 4 is 34.6 Å². The van der Waals surface area contributed by atoms with E-state index in [2.05, 4.69) is 17.6 Å². The molecule has 4 nitrogen and oxygen atoms in total.